The monoisotopic (exact) mass is 355 g/mol. The van der Waals surface area contributed by atoms with Crippen LogP contribution in [0, 0.1) is 6.92 Å². The molecule has 1 aromatic rings. The summed E-state index contributed by atoms with van der Waals surface area (Å²) >= 11 is 3.68. The highest BCUT2D eigenvalue weighted by Gasteiger charge is 2.24. The molecular formula is C16H26BrN3O. The summed E-state index contributed by atoms with van der Waals surface area (Å²) < 4.78 is 3.20. The molecule has 1 fully saturated rings. The lowest BCUT2D eigenvalue weighted by Crippen LogP contribution is -2.36. The van der Waals surface area contributed by atoms with Gasteiger partial charge in [0.05, 0.1) is 15.9 Å². The third kappa shape index (κ3) is 4.16. The second-order valence-corrected chi connectivity index (χ2v) is 6.83. The Morgan fingerprint density at radius 2 is 2.14 bits per heavy atom. The summed E-state index contributed by atoms with van der Waals surface area (Å²) in [5, 5.41) is 4.58. The van der Waals surface area contributed by atoms with Crippen molar-refractivity contribution in [1.29, 1.82) is 0 Å². The quantitative estimate of drug-likeness (QED) is 0.808. The molecular weight excluding hydrogens is 330 g/mol. The van der Waals surface area contributed by atoms with Gasteiger partial charge < -0.3 is 0 Å². The molecule has 0 radical (unpaired) electrons. The number of hydrogen-bond donors (Lipinski definition) is 0. The number of carbonyl (C=O) groups is 1. The molecule has 0 N–H and O–H groups in total. The Bertz CT molecular complexity index is 498. The molecule has 1 saturated heterocycles. The van der Waals surface area contributed by atoms with Crippen LogP contribution in [0.3, 0.4) is 0 Å². The molecule has 1 aliphatic heterocycles. The molecule has 5 heteroatoms. The minimum atomic E-state index is 0.297. The molecule has 2 heterocycles. The molecule has 2 rings (SSSR count). The van der Waals surface area contributed by atoms with Crippen molar-refractivity contribution >= 4 is 21.7 Å². The SMILES string of the molecule is CCn1nc(C)c(Br)c1CN1CCCCCC1CC(C)=O. The molecule has 1 aromatic heterocycles. The third-order valence-corrected chi connectivity index (χ3v) is 5.36. The minimum absolute atomic E-state index is 0.297. The maximum Gasteiger partial charge on any atom is 0.131 e. The van der Waals surface area contributed by atoms with Crippen LogP contribution < -0.4 is 0 Å². The van der Waals surface area contributed by atoms with Crippen LogP contribution in [0.4, 0.5) is 0 Å². The van der Waals surface area contributed by atoms with E-state index in [1.165, 1.54) is 25.0 Å². The van der Waals surface area contributed by atoms with Crippen LogP contribution in [-0.4, -0.2) is 33.1 Å². The van der Waals surface area contributed by atoms with Crippen LogP contribution in [-0.2, 0) is 17.9 Å². The van der Waals surface area contributed by atoms with Crippen molar-refractivity contribution in [2.75, 3.05) is 6.54 Å². The van der Waals surface area contributed by atoms with E-state index in [9.17, 15) is 4.79 Å². The van der Waals surface area contributed by atoms with Crippen molar-refractivity contribution in [1.82, 2.24) is 14.7 Å². The molecule has 0 saturated carbocycles. The zero-order valence-electron chi connectivity index (χ0n) is 13.4. The Morgan fingerprint density at radius 3 is 2.81 bits per heavy atom. The predicted octanol–water partition coefficient (Wildman–Crippen LogP) is 3.70. The second kappa shape index (κ2) is 7.54. The Labute approximate surface area is 136 Å². The molecule has 0 spiro atoms. The first kappa shape index (κ1) is 16.7. The molecule has 0 aromatic carbocycles. The summed E-state index contributed by atoms with van der Waals surface area (Å²) in [6.07, 6.45) is 5.55. The zero-order chi connectivity index (χ0) is 15.4. The number of halogens is 1. The number of hydrogen-bond acceptors (Lipinski definition) is 3. The van der Waals surface area contributed by atoms with Gasteiger partial charge in [0.2, 0.25) is 0 Å². The summed E-state index contributed by atoms with van der Waals surface area (Å²) in [6, 6.07) is 0.386. The molecule has 1 atom stereocenters. The van der Waals surface area contributed by atoms with E-state index in [-0.39, 0.29) is 0 Å². The van der Waals surface area contributed by atoms with Gasteiger partial charge in [0.15, 0.2) is 0 Å². The lowest BCUT2D eigenvalue weighted by molar-refractivity contribution is -0.118. The minimum Gasteiger partial charge on any atom is -0.300 e. The average molecular weight is 356 g/mol. The molecule has 0 bridgehead atoms. The summed E-state index contributed by atoms with van der Waals surface area (Å²) in [7, 11) is 0. The zero-order valence-corrected chi connectivity index (χ0v) is 14.9. The van der Waals surface area contributed by atoms with Gasteiger partial charge in [0, 0.05) is 25.6 Å². The first-order valence-corrected chi connectivity index (χ1v) is 8.77. The van der Waals surface area contributed by atoms with Gasteiger partial charge in [-0.15, -0.1) is 0 Å². The van der Waals surface area contributed by atoms with Crippen molar-refractivity contribution in [2.45, 2.75) is 72.0 Å². The van der Waals surface area contributed by atoms with Crippen LogP contribution in [0.15, 0.2) is 4.47 Å². The highest BCUT2D eigenvalue weighted by atomic mass is 79.9. The van der Waals surface area contributed by atoms with Gasteiger partial charge in [-0.2, -0.15) is 5.10 Å². The summed E-state index contributed by atoms with van der Waals surface area (Å²) in [5.74, 6) is 0.297. The first-order chi connectivity index (χ1) is 10.0. The van der Waals surface area contributed by atoms with E-state index in [1.807, 2.05) is 6.92 Å². The van der Waals surface area contributed by atoms with E-state index in [0.717, 1.165) is 36.2 Å². The lowest BCUT2D eigenvalue weighted by Gasteiger charge is -2.29. The number of aromatic nitrogens is 2. The van der Waals surface area contributed by atoms with Gasteiger partial charge in [0.1, 0.15) is 5.78 Å². The van der Waals surface area contributed by atoms with Gasteiger partial charge in [-0.25, -0.2) is 0 Å². The fraction of sp³-hybridized carbons (Fsp3) is 0.750. The first-order valence-electron chi connectivity index (χ1n) is 7.98. The van der Waals surface area contributed by atoms with E-state index >= 15 is 0 Å². The number of rotatable bonds is 5. The number of Topliss-reactive ketones (excluding diaryl/α,β-unsaturated/α-hetero) is 1. The number of nitrogens with zero attached hydrogens (tertiary/aromatic N) is 3. The molecule has 118 valence electrons. The molecule has 21 heavy (non-hydrogen) atoms. The number of carbonyl (C=O) groups excluding carboxylic acids is 1. The molecule has 1 aliphatic rings. The van der Waals surface area contributed by atoms with E-state index in [2.05, 4.69) is 37.5 Å². The van der Waals surface area contributed by atoms with Crippen LogP contribution in [0.5, 0.6) is 0 Å². The lowest BCUT2D eigenvalue weighted by atomic mass is 10.0. The van der Waals surface area contributed by atoms with Crippen molar-refractivity contribution in [3.05, 3.63) is 15.9 Å². The normalized spacial score (nSPS) is 20.5. The van der Waals surface area contributed by atoms with Crippen LogP contribution in [0.25, 0.3) is 0 Å². The van der Waals surface area contributed by atoms with Crippen LogP contribution in [0.1, 0.15) is 57.3 Å². The Kier molecular flexibility index (Phi) is 5.99. The Hall–Kier alpha value is -0.680. The van der Waals surface area contributed by atoms with Gasteiger partial charge in [-0.3, -0.25) is 14.4 Å². The largest absolute Gasteiger partial charge is 0.300 e. The maximum atomic E-state index is 11.6. The van der Waals surface area contributed by atoms with Crippen LogP contribution in [0.2, 0.25) is 0 Å². The van der Waals surface area contributed by atoms with Gasteiger partial charge in [-0.1, -0.05) is 12.8 Å². The highest BCUT2D eigenvalue weighted by molar-refractivity contribution is 9.10. The van der Waals surface area contributed by atoms with Gasteiger partial charge in [-0.05, 0) is 56.1 Å². The van der Waals surface area contributed by atoms with Gasteiger partial charge in [0.25, 0.3) is 0 Å². The van der Waals surface area contributed by atoms with E-state index < -0.39 is 0 Å². The van der Waals surface area contributed by atoms with Crippen molar-refractivity contribution < 1.29 is 4.79 Å². The smallest absolute Gasteiger partial charge is 0.131 e. The predicted molar refractivity (Wildman–Crippen MR) is 88.3 cm³/mol. The van der Waals surface area contributed by atoms with E-state index in [4.69, 9.17) is 0 Å². The fourth-order valence-electron chi connectivity index (χ4n) is 3.22. The number of likely N-dealkylation sites (tertiary alicyclic amines) is 1. The standard InChI is InChI=1S/C16H26BrN3O/c1-4-20-15(16(17)13(3)18-20)11-19-9-7-5-6-8-14(19)10-12(2)21/h14H,4-11H2,1-3H3. The topological polar surface area (TPSA) is 38.1 Å². The Balaban J connectivity index is 2.19. The second-order valence-electron chi connectivity index (χ2n) is 6.04. The highest BCUT2D eigenvalue weighted by Crippen LogP contribution is 2.26. The van der Waals surface area contributed by atoms with Crippen molar-refractivity contribution in [3.8, 4) is 0 Å². The molecule has 0 amide bonds. The van der Waals surface area contributed by atoms with Gasteiger partial charge >= 0.3 is 0 Å². The van der Waals surface area contributed by atoms with Crippen LogP contribution >= 0.6 is 15.9 Å². The molecule has 1 unspecified atom stereocenters. The Morgan fingerprint density at radius 1 is 1.38 bits per heavy atom. The number of ketones is 1. The van der Waals surface area contributed by atoms with Crippen molar-refractivity contribution in [2.24, 2.45) is 0 Å². The maximum absolute atomic E-state index is 11.6. The fourth-order valence-corrected chi connectivity index (χ4v) is 3.63. The summed E-state index contributed by atoms with van der Waals surface area (Å²) in [5.41, 5.74) is 2.29. The summed E-state index contributed by atoms with van der Waals surface area (Å²) in [6.45, 7) is 8.71. The average Bonchev–Trinajstić information content (AvgIpc) is 2.61. The third-order valence-electron chi connectivity index (χ3n) is 4.33. The molecule has 0 aliphatic carbocycles. The van der Waals surface area contributed by atoms with E-state index in [0.29, 0.717) is 18.2 Å². The van der Waals surface area contributed by atoms with Crippen molar-refractivity contribution in [3.63, 3.8) is 0 Å². The summed E-state index contributed by atoms with van der Waals surface area (Å²) in [4.78, 5) is 14.1. The molecule has 4 nitrogen and oxygen atoms in total. The number of aryl methyl sites for hydroxylation is 2. The van der Waals surface area contributed by atoms with E-state index in [1.54, 1.807) is 6.92 Å².